The smallest absolute Gasteiger partial charge is 0.327 e. The Balaban J connectivity index is 2.17. The van der Waals surface area contributed by atoms with Crippen LogP contribution in [0.15, 0.2) is 48.5 Å². The lowest BCUT2D eigenvalue weighted by atomic mass is 10.1. The van der Waals surface area contributed by atoms with Gasteiger partial charge in [-0.3, -0.25) is 9.69 Å². The van der Waals surface area contributed by atoms with Crippen LogP contribution in [0.4, 0.5) is 4.79 Å². The molecule has 0 aliphatic heterocycles. The van der Waals surface area contributed by atoms with E-state index in [2.05, 4.69) is 17.2 Å². The van der Waals surface area contributed by atoms with Crippen LogP contribution in [0.1, 0.15) is 54.2 Å². The predicted molar refractivity (Wildman–Crippen MR) is 137 cm³/mol. The van der Waals surface area contributed by atoms with Gasteiger partial charge in [0, 0.05) is 29.0 Å². The average molecular weight is 481 g/mol. The Bertz CT molecular complexity index is 1070. The number of imide groups is 1. The highest BCUT2D eigenvalue weighted by atomic mass is 32.2. The van der Waals surface area contributed by atoms with Crippen LogP contribution < -0.4 is 5.32 Å². The van der Waals surface area contributed by atoms with Crippen LogP contribution in [0.2, 0.25) is 0 Å². The van der Waals surface area contributed by atoms with Crippen molar-refractivity contribution in [3.63, 3.8) is 0 Å². The third-order valence-corrected chi connectivity index (χ3v) is 6.22. The van der Waals surface area contributed by atoms with E-state index >= 15 is 0 Å². The second-order valence-electron chi connectivity index (χ2n) is 8.43. The molecule has 3 amide bonds. The van der Waals surface area contributed by atoms with Gasteiger partial charge in [-0.15, -0.1) is 0 Å². The first-order valence-corrected chi connectivity index (χ1v) is 12.5. The summed E-state index contributed by atoms with van der Waals surface area (Å²) in [5.74, 6) is 5.97. The van der Waals surface area contributed by atoms with Crippen molar-refractivity contribution >= 4 is 29.7 Å². The van der Waals surface area contributed by atoms with E-state index in [0.717, 1.165) is 21.8 Å². The normalized spacial score (nSPS) is 11.3. The first kappa shape index (κ1) is 27.0. The molecule has 2 N–H and O–H groups in total. The number of carboxylic acid groups (broad SMARTS) is 1. The summed E-state index contributed by atoms with van der Waals surface area (Å²) in [6, 6.07) is 12.8. The summed E-state index contributed by atoms with van der Waals surface area (Å²) < 4.78 is 0. The molecule has 0 aliphatic carbocycles. The van der Waals surface area contributed by atoms with Crippen molar-refractivity contribution in [1.82, 2.24) is 10.2 Å². The SMILES string of the molecule is CCCN(C(=O)N[C@@H](CSCC(C)C)C(=O)O)C(=O)c1cccc(C#Cc2cccc(C)c2)c1. The zero-order valence-electron chi connectivity index (χ0n) is 20.1. The highest BCUT2D eigenvalue weighted by Gasteiger charge is 2.27. The number of carbonyl (C=O) groups is 3. The van der Waals surface area contributed by atoms with Crippen LogP contribution in [0, 0.1) is 24.7 Å². The van der Waals surface area contributed by atoms with Crippen molar-refractivity contribution in [2.75, 3.05) is 18.1 Å². The van der Waals surface area contributed by atoms with Gasteiger partial charge in [0.15, 0.2) is 0 Å². The third-order valence-electron chi connectivity index (χ3n) is 4.75. The van der Waals surface area contributed by atoms with Crippen LogP contribution in [0.5, 0.6) is 0 Å². The summed E-state index contributed by atoms with van der Waals surface area (Å²) >= 11 is 1.46. The number of aliphatic carboxylic acids is 1. The average Bonchev–Trinajstić information content (AvgIpc) is 2.80. The summed E-state index contributed by atoms with van der Waals surface area (Å²) in [7, 11) is 0. The number of rotatable bonds is 9. The minimum atomic E-state index is -1.12. The Labute approximate surface area is 206 Å². The fourth-order valence-corrected chi connectivity index (χ4v) is 4.16. The molecule has 6 nitrogen and oxygen atoms in total. The van der Waals surface area contributed by atoms with E-state index in [1.54, 1.807) is 24.3 Å². The molecule has 0 heterocycles. The summed E-state index contributed by atoms with van der Waals surface area (Å²) in [6.45, 7) is 8.11. The summed E-state index contributed by atoms with van der Waals surface area (Å²) in [5, 5.41) is 12.0. The van der Waals surface area contributed by atoms with E-state index in [9.17, 15) is 19.5 Å². The molecule has 0 spiro atoms. The molecule has 2 aromatic carbocycles. The highest BCUT2D eigenvalue weighted by Crippen LogP contribution is 2.12. The fraction of sp³-hybridized carbons (Fsp3) is 0.370. The topological polar surface area (TPSA) is 86.7 Å². The van der Waals surface area contributed by atoms with Gasteiger partial charge in [0.05, 0.1) is 0 Å². The molecule has 180 valence electrons. The molecule has 0 aromatic heterocycles. The van der Waals surface area contributed by atoms with Crippen molar-refractivity contribution in [3.8, 4) is 11.8 Å². The molecule has 0 unspecified atom stereocenters. The lowest BCUT2D eigenvalue weighted by molar-refractivity contribution is -0.138. The maximum atomic E-state index is 13.2. The number of nitrogens with one attached hydrogen (secondary N) is 1. The van der Waals surface area contributed by atoms with Gasteiger partial charge in [-0.2, -0.15) is 11.8 Å². The predicted octanol–water partition coefficient (Wildman–Crippen LogP) is 4.80. The molecule has 0 radical (unpaired) electrons. The first-order valence-electron chi connectivity index (χ1n) is 11.3. The molecule has 7 heteroatoms. The van der Waals surface area contributed by atoms with Gasteiger partial charge in [-0.1, -0.05) is 50.8 Å². The van der Waals surface area contributed by atoms with E-state index in [0.29, 0.717) is 23.5 Å². The lowest BCUT2D eigenvalue weighted by Gasteiger charge is -2.23. The van der Waals surface area contributed by atoms with Crippen molar-refractivity contribution in [2.45, 2.75) is 40.2 Å². The van der Waals surface area contributed by atoms with Crippen LogP contribution in [-0.4, -0.2) is 52.0 Å². The Morgan fingerprint density at radius 1 is 1.03 bits per heavy atom. The number of carboxylic acids is 1. The molecule has 2 rings (SSSR count). The number of hydrogen-bond donors (Lipinski definition) is 2. The van der Waals surface area contributed by atoms with E-state index in [-0.39, 0.29) is 12.3 Å². The van der Waals surface area contributed by atoms with Crippen LogP contribution >= 0.6 is 11.8 Å². The second-order valence-corrected chi connectivity index (χ2v) is 9.50. The Kier molecular flexibility index (Phi) is 10.7. The minimum Gasteiger partial charge on any atom is -0.480 e. The Morgan fingerprint density at radius 2 is 1.68 bits per heavy atom. The first-order chi connectivity index (χ1) is 16.2. The molecule has 2 aromatic rings. The maximum Gasteiger partial charge on any atom is 0.327 e. The minimum absolute atomic E-state index is 0.176. The number of carbonyl (C=O) groups excluding carboxylic acids is 2. The molecule has 0 fully saturated rings. The number of urea groups is 1. The van der Waals surface area contributed by atoms with Gasteiger partial charge < -0.3 is 10.4 Å². The quantitative estimate of drug-likeness (QED) is 0.504. The molecule has 0 saturated heterocycles. The molecular formula is C27H32N2O4S. The summed E-state index contributed by atoms with van der Waals surface area (Å²) in [6.07, 6.45) is 0.547. The van der Waals surface area contributed by atoms with E-state index in [1.807, 2.05) is 52.0 Å². The molecule has 0 saturated carbocycles. The fourth-order valence-electron chi connectivity index (χ4n) is 3.10. The van der Waals surface area contributed by atoms with E-state index < -0.39 is 23.9 Å². The zero-order chi connectivity index (χ0) is 25.1. The Morgan fingerprint density at radius 3 is 2.26 bits per heavy atom. The van der Waals surface area contributed by atoms with Gasteiger partial charge in [0.2, 0.25) is 0 Å². The van der Waals surface area contributed by atoms with Crippen molar-refractivity contribution in [2.24, 2.45) is 5.92 Å². The van der Waals surface area contributed by atoms with Gasteiger partial charge in [0.1, 0.15) is 6.04 Å². The summed E-state index contributed by atoms with van der Waals surface area (Å²) in [5.41, 5.74) is 2.95. The summed E-state index contributed by atoms with van der Waals surface area (Å²) in [4.78, 5) is 38.8. The maximum absolute atomic E-state index is 13.2. The number of amides is 3. The molecule has 34 heavy (non-hydrogen) atoms. The van der Waals surface area contributed by atoms with Gasteiger partial charge in [0.25, 0.3) is 5.91 Å². The monoisotopic (exact) mass is 480 g/mol. The number of benzene rings is 2. The van der Waals surface area contributed by atoms with Crippen LogP contribution in [-0.2, 0) is 4.79 Å². The lowest BCUT2D eigenvalue weighted by Crippen LogP contribution is -2.51. The van der Waals surface area contributed by atoms with Crippen molar-refractivity contribution in [3.05, 3.63) is 70.8 Å². The highest BCUT2D eigenvalue weighted by molar-refractivity contribution is 7.99. The number of thioether (sulfide) groups is 1. The standard InChI is InChI=1S/C27H32N2O4S/c1-5-14-29(27(33)28-24(26(31)32)18-34-17-19(2)3)25(30)23-11-7-10-22(16-23)13-12-21-9-6-8-20(4)15-21/h6-11,15-16,19,24H,5,14,17-18H2,1-4H3,(H,28,33)(H,31,32)/t24-/m0/s1. The Hall–Kier alpha value is -3.24. The molecular weight excluding hydrogens is 448 g/mol. The van der Waals surface area contributed by atoms with Gasteiger partial charge >= 0.3 is 12.0 Å². The number of hydrogen-bond acceptors (Lipinski definition) is 4. The largest absolute Gasteiger partial charge is 0.480 e. The molecule has 0 bridgehead atoms. The second kappa shape index (κ2) is 13.5. The van der Waals surface area contributed by atoms with Gasteiger partial charge in [-0.25, -0.2) is 9.59 Å². The van der Waals surface area contributed by atoms with Gasteiger partial charge in [-0.05, 0) is 60.9 Å². The zero-order valence-corrected chi connectivity index (χ0v) is 20.9. The van der Waals surface area contributed by atoms with Crippen molar-refractivity contribution in [1.29, 1.82) is 0 Å². The van der Waals surface area contributed by atoms with E-state index in [4.69, 9.17) is 0 Å². The third kappa shape index (κ3) is 8.60. The van der Waals surface area contributed by atoms with E-state index in [1.165, 1.54) is 11.8 Å². The molecule has 0 aliphatic rings. The number of aryl methyl sites for hydroxylation is 1. The van der Waals surface area contributed by atoms with Crippen LogP contribution in [0.3, 0.4) is 0 Å². The van der Waals surface area contributed by atoms with Crippen LogP contribution in [0.25, 0.3) is 0 Å². The molecule has 1 atom stereocenters. The van der Waals surface area contributed by atoms with Crippen molar-refractivity contribution < 1.29 is 19.5 Å². The number of nitrogens with zero attached hydrogens (tertiary/aromatic N) is 1.